The molecule has 1 rings (SSSR count). The molecule has 2 nitrogen and oxygen atoms in total. The average Bonchev–Trinajstić information content (AvgIpc) is 2.72. The first-order chi connectivity index (χ1) is 7.69. The van der Waals surface area contributed by atoms with Gasteiger partial charge < -0.3 is 4.90 Å². The summed E-state index contributed by atoms with van der Waals surface area (Å²) in [6, 6.07) is 0. The molecule has 0 spiro atoms. The van der Waals surface area contributed by atoms with Gasteiger partial charge in [0, 0.05) is 13.1 Å². The molecule has 0 fully saturated rings. The van der Waals surface area contributed by atoms with Crippen LogP contribution in [0.15, 0.2) is 5.80 Å². The standard InChI is InChI=1S/C13H22NOP/c1-5-10-9-16-12(11(10)6-2)13(15)14(7-3)8-4/h9,16H,5-8H2,1-4H3. The van der Waals surface area contributed by atoms with Crippen LogP contribution in [0.25, 0.3) is 0 Å². The third-order valence-corrected chi connectivity index (χ3v) is 4.38. The minimum Gasteiger partial charge on any atom is -0.339 e. The largest absolute Gasteiger partial charge is 0.339 e. The Morgan fingerprint density at radius 3 is 2.25 bits per heavy atom. The predicted octanol–water partition coefficient (Wildman–Crippen LogP) is 3.32. The Morgan fingerprint density at radius 2 is 1.81 bits per heavy atom. The lowest BCUT2D eigenvalue weighted by Crippen LogP contribution is -2.30. The molecule has 1 unspecified atom stereocenters. The van der Waals surface area contributed by atoms with E-state index in [1.165, 1.54) is 11.1 Å². The smallest absolute Gasteiger partial charge is 0.257 e. The van der Waals surface area contributed by atoms with Crippen LogP contribution in [0.2, 0.25) is 0 Å². The highest BCUT2D eigenvalue weighted by atomic mass is 31.0. The molecule has 0 N–H and O–H groups in total. The fraction of sp³-hybridized carbons (Fsp3) is 0.615. The van der Waals surface area contributed by atoms with Crippen molar-refractivity contribution in [2.45, 2.75) is 40.5 Å². The van der Waals surface area contributed by atoms with E-state index in [-0.39, 0.29) is 5.91 Å². The third-order valence-electron chi connectivity index (χ3n) is 3.08. The maximum Gasteiger partial charge on any atom is 0.257 e. The van der Waals surface area contributed by atoms with E-state index in [0.29, 0.717) is 8.19 Å². The first-order valence-electron chi connectivity index (χ1n) is 6.17. The van der Waals surface area contributed by atoms with Gasteiger partial charge in [-0.2, -0.15) is 0 Å². The Labute approximate surface area is 100 Å². The highest BCUT2D eigenvalue weighted by Gasteiger charge is 2.18. The van der Waals surface area contributed by atoms with Crippen LogP contribution in [0.4, 0.5) is 0 Å². The molecule has 90 valence electrons. The molecule has 1 amide bonds. The SMILES string of the molecule is CCc1c[pH]c(C(=O)N(CC)CC)c1CC. The van der Waals surface area contributed by atoms with E-state index in [4.69, 9.17) is 0 Å². The molecule has 0 radical (unpaired) electrons. The molecule has 16 heavy (non-hydrogen) atoms. The van der Waals surface area contributed by atoms with Crippen LogP contribution < -0.4 is 0 Å². The molecule has 0 saturated carbocycles. The first kappa shape index (κ1) is 13.3. The lowest BCUT2D eigenvalue weighted by molar-refractivity contribution is 0.0777. The van der Waals surface area contributed by atoms with Gasteiger partial charge in [0.2, 0.25) is 0 Å². The van der Waals surface area contributed by atoms with Crippen molar-refractivity contribution in [1.29, 1.82) is 0 Å². The van der Waals surface area contributed by atoms with Crippen molar-refractivity contribution in [2.24, 2.45) is 0 Å². The van der Waals surface area contributed by atoms with Gasteiger partial charge >= 0.3 is 0 Å². The molecule has 0 aliphatic rings. The van der Waals surface area contributed by atoms with Crippen molar-refractivity contribution in [1.82, 2.24) is 4.90 Å². The summed E-state index contributed by atoms with van der Waals surface area (Å²) in [6.07, 6.45) is 2.03. The summed E-state index contributed by atoms with van der Waals surface area (Å²) in [4.78, 5) is 14.2. The van der Waals surface area contributed by atoms with E-state index in [2.05, 4.69) is 19.6 Å². The van der Waals surface area contributed by atoms with Gasteiger partial charge in [0.05, 0.1) is 5.30 Å². The summed E-state index contributed by atoms with van der Waals surface area (Å²) in [5.74, 6) is 2.50. The summed E-state index contributed by atoms with van der Waals surface area (Å²) in [6.45, 7) is 10.0. The number of hydrogen-bond donors (Lipinski definition) is 0. The fourth-order valence-corrected chi connectivity index (χ4v) is 3.56. The Bertz CT molecular complexity index is 353. The van der Waals surface area contributed by atoms with Crippen molar-refractivity contribution < 1.29 is 4.79 Å². The summed E-state index contributed by atoms with van der Waals surface area (Å²) in [7, 11) is 0.580. The van der Waals surface area contributed by atoms with Gasteiger partial charge in [-0.1, -0.05) is 13.8 Å². The van der Waals surface area contributed by atoms with E-state index < -0.39 is 0 Å². The minimum absolute atomic E-state index is 0.250. The van der Waals surface area contributed by atoms with Crippen molar-refractivity contribution in [3.8, 4) is 0 Å². The van der Waals surface area contributed by atoms with Gasteiger partial charge in [-0.25, -0.2) is 0 Å². The van der Waals surface area contributed by atoms with Crippen LogP contribution in [-0.4, -0.2) is 23.9 Å². The van der Waals surface area contributed by atoms with E-state index in [0.717, 1.165) is 31.2 Å². The summed E-state index contributed by atoms with van der Waals surface area (Å²) in [5, 5.41) is 1.06. The second-order valence-corrected chi connectivity index (χ2v) is 4.93. The Hall–Kier alpha value is -0.750. The van der Waals surface area contributed by atoms with E-state index in [1.807, 2.05) is 18.7 Å². The molecule has 0 saturated heterocycles. The highest BCUT2D eigenvalue weighted by molar-refractivity contribution is 7.32. The van der Waals surface area contributed by atoms with E-state index >= 15 is 0 Å². The topological polar surface area (TPSA) is 20.3 Å². The van der Waals surface area contributed by atoms with Crippen LogP contribution in [0, 0.1) is 0 Å². The summed E-state index contributed by atoms with van der Waals surface area (Å²) in [5.41, 5.74) is 2.69. The number of carbonyl (C=O) groups excluding carboxylic acids is 1. The number of hydrogen-bond acceptors (Lipinski definition) is 1. The molecule has 1 heterocycles. The zero-order chi connectivity index (χ0) is 12.1. The Balaban J connectivity index is 3.03. The maximum absolute atomic E-state index is 12.3. The number of carbonyl (C=O) groups is 1. The number of rotatable bonds is 5. The lowest BCUT2D eigenvalue weighted by Gasteiger charge is -2.19. The molecular weight excluding hydrogens is 217 g/mol. The molecule has 0 aliphatic carbocycles. The van der Waals surface area contributed by atoms with E-state index in [1.54, 1.807) is 0 Å². The van der Waals surface area contributed by atoms with Crippen molar-refractivity contribution in [3.63, 3.8) is 0 Å². The van der Waals surface area contributed by atoms with Crippen molar-refractivity contribution in [3.05, 3.63) is 22.2 Å². The van der Waals surface area contributed by atoms with Gasteiger partial charge in [0.15, 0.2) is 0 Å². The lowest BCUT2D eigenvalue weighted by atomic mass is 10.1. The van der Waals surface area contributed by atoms with Gasteiger partial charge in [0.1, 0.15) is 0 Å². The van der Waals surface area contributed by atoms with Crippen LogP contribution in [0.1, 0.15) is 48.9 Å². The predicted molar refractivity (Wildman–Crippen MR) is 72.0 cm³/mol. The van der Waals surface area contributed by atoms with E-state index in [9.17, 15) is 4.79 Å². The number of amides is 1. The van der Waals surface area contributed by atoms with Gasteiger partial charge in [-0.05, 0) is 43.6 Å². The first-order valence-corrected chi connectivity index (χ1v) is 7.25. The van der Waals surface area contributed by atoms with Gasteiger partial charge in [0.25, 0.3) is 5.91 Å². The maximum atomic E-state index is 12.3. The molecule has 0 aromatic carbocycles. The zero-order valence-electron chi connectivity index (χ0n) is 10.8. The summed E-state index contributed by atoms with van der Waals surface area (Å²) < 4.78 is 0. The van der Waals surface area contributed by atoms with Crippen LogP contribution in [0.5, 0.6) is 0 Å². The van der Waals surface area contributed by atoms with Gasteiger partial charge in [-0.15, -0.1) is 8.19 Å². The molecule has 1 atom stereocenters. The third kappa shape index (κ3) is 2.49. The average molecular weight is 239 g/mol. The molecule has 0 bridgehead atoms. The zero-order valence-corrected chi connectivity index (χ0v) is 11.8. The van der Waals surface area contributed by atoms with Crippen molar-refractivity contribution in [2.75, 3.05) is 13.1 Å². The Kier molecular flexibility index (Phi) is 5.08. The summed E-state index contributed by atoms with van der Waals surface area (Å²) >= 11 is 0. The molecule has 0 aliphatic heterocycles. The normalized spacial score (nSPS) is 11.0. The van der Waals surface area contributed by atoms with Crippen LogP contribution >= 0.6 is 8.19 Å². The number of nitrogens with zero attached hydrogens (tertiary/aromatic N) is 1. The molecule has 1 aromatic rings. The monoisotopic (exact) mass is 239 g/mol. The quantitative estimate of drug-likeness (QED) is 0.771. The van der Waals surface area contributed by atoms with Gasteiger partial charge in [-0.3, -0.25) is 4.79 Å². The second kappa shape index (κ2) is 6.10. The van der Waals surface area contributed by atoms with Crippen LogP contribution in [-0.2, 0) is 12.8 Å². The molecule has 1 aromatic heterocycles. The second-order valence-electron chi connectivity index (χ2n) is 3.85. The number of aryl methyl sites for hydroxylation is 1. The van der Waals surface area contributed by atoms with Crippen LogP contribution in [0.3, 0.4) is 0 Å². The minimum atomic E-state index is 0.250. The highest BCUT2D eigenvalue weighted by Crippen LogP contribution is 2.29. The Morgan fingerprint density at radius 1 is 1.19 bits per heavy atom. The molecular formula is C13H22NOP. The van der Waals surface area contributed by atoms with Crippen molar-refractivity contribution >= 4 is 14.1 Å². The molecule has 3 heteroatoms. The fourth-order valence-electron chi connectivity index (χ4n) is 2.07.